The number of alkyl halides is 1. The standard InChI is InChI=1S/C10H11ClF2/c1-7(11)2-3-8-4-5-9(12)10(13)6-8/h4-7H,2-3H2,1H3. The summed E-state index contributed by atoms with van der Waals surface area (Å²) in [6, 6.07) is 3.94. The van der Waals surface area contributed by atoms with E-state index in [4.69, 9.17) is 11.6 Å². The first-order valence-corrected chi connectivity index (χ1v) is 4.61. The minimum Gasteiger partial charge on any atom is -0.204 e. The lowest BCUT2D eigenvalue weighted by Gasteiger charge is -2.03. The Bertz CT molecular complexity index is 284. The minimum atomic E-state index is -0.803. The highest BCUT2D eigenvalue weighted by Crippen LogP contribution is 2.12. The maximum atomic E-state index is 12.7. The minimum absolute atomic E-state index is 0.0631. The number of hydrogen-bond acceptors (Lipinski definition) is 0. The highest BCUT2D eigenvalue weighted by molar-refractivity contribution is 6.20. The number of aryl methyl sites for hydroxylation is 1. The molecule has 0 saturated carbocycles. The predicted octanol–water partition coefficient (Wildman–Crippen LogP) is 3.52. The summed E-state index contributed by atoms with van der Waals surface area (Å²) in [6.45, 7) is 1.88. The highest BCUT2D eigenvalue weighted by atomic mass is 35.5. The molecule has 0 aliphatic carbocycles. The van der Waals surface area contributed by atoms with Gasteiger partial charge in [0, 0.05) is 5.38 Å². The van der Waals surface area contributed by atoms with Gasteiger partial charge in [-0.1, -0.05) is 6.07 Å². The summed E-state index contributed by atoms with van der Waals surface area (Å²) >= 11 is 5.73. The first-order valence-electron chi connectivity index (χ1n) is 4.17. The molecule has 0 aromatic heterocycles. The van der Waals surface area contributed by atoms with Gasteiger partial charge in [-0.15, -0.1) is 11.6 Å². The van der Waals surface area contributed by atoms with Crippen LogP contribution in [0.5, 0.6) is 0 Å². The molecule has 0 amide bonds. The summed E-state index contributed by atoms with van der Waals surface area (Å²) in [6.07, 6.45) is 1.45. The molecular formula is C10H11ClF2. The summed E-state index contributed by atoms with van der Waals surface area (Å²) in [5.41, 5.74) is 0.784. The van der Waals surface area contributed by atoms with Gasteiger partial charge in [-0.25, -0.2) is 8.78 Å². The molecule has 13 heavy (non-hydrogen) atoms. The fourth-order valence-corrected chi connectivity index (χ4v) is 1.17. The van der Waals surface area contributed by atoms with E-state index in [1.165, 1.54) is 6.07 Å². The molecule has 1 aromatic rings. The number of hydrogen-bond donors (Lipinski definition) is 0. The Hall–Kier alpha value is -0.630. The number of halogens is 3. The first kappa shape index (κ1) is 10.5. The van der Waals surface area contributed by atoms with Gasteiger partial charge in [0.05, 0.1) is 0 Å². The Labute approximate surface area is 81.5 Å². The van der Waals surface area contributed by atoms with Gasteiger partial charge in [0.1, 0.15) is 0 Å². The van der Waals surface area contributed by atoms with Crippen LogP contribution in [-0.2, 0) is 6.42 Å². The molecule has 1 atom stereocenters. The lowest BCUT2D eigenvalue weighted by atomic mass is 10.1. The van der Waals surface area contributed by atoms with Crippen molar-refractivity contribution >= 4 is 11.6 Å². The molecule has 0 heterocycles. The van der Waals surface area contributed by atoms with E-state index < -0.39 is 11.6 Å². The van der Waals surface area contributed by atoms with Crippen molar-refractivity contribution in [2.24, 2.45) is 0 Å². The van der Waals surface area contributed by atoms with Gasteiger partial charge in [-0.05, 0) is 37.5 Å². The van der Waals surface area contributed by atoms with Crippen molar-refractivity contribution in [3.63, 3.8) is 0 Å². The quantitative estimate of drug-likeness (QED) is 0.661. The fourth-order valence-electron chi connectivity index (χ4n) is 1.06. The van der Waals surface area contributed by atoms with Gasteiger partial charge in [0.15, 0.2) is 11.6 Å². The Morgan fingerprint density at radius 3 is 2.54 bits per heavy atom. The predicted molar refractivity (Wildman–Crippen MR) is 50.0 cm³/mol. The summed E-state index contributed by atoms with van der Waals surface area (Å²) in [5, 5.41) is 0.0631. The van der Waals surface area contributed by atoms with Crippen molar-refractivity contribution in [3.05, 3.63) is 35.4 Å². The Kier molecular flexibility index (Phi) is 3.67. The van der Waals surface area contributed by atoms with Gasteiger partial charge in [-0.2, -0.15) is 0 Å². The third kappa shape index (κ3) is 3.31. The molecule has 0 fully saturated rings. The molecule has 0 nitrogen and oxygen atoms in total. The van der Waals surface area contributed by atoms with E-state index in [0.717, 1.165) is 18.1 Å². The van der Waals surface area contributed by atoms with E-state index in [9.17, 15) is 8.78 Å². The van der Waals surface area contributed by atoms with Crippen LogP contribution in [0.2, 0.25) is 0 Å². The Balaban J connectivity index is 2.63. The van der Waals surface area contributed by atoms with Crippen molar-refractivity contribution < 1.29 is 8.78 Å². The van der Waals surface area contributed by atoms with Gasteiger partial charge in [-0.3, -0.25) is 0 Å². The fraction of sp³-hybridized carbons (Fsp3) is 0.400. The maximum Gasteiger partial charge on any atom is 0.159 e. The van der Waals surface area contributed by atoms with E-state index in [1.54, 1.807) is 6.07 Å². The maximum absolute atomic E-state index is 12.7. The zero-order valence-corrected chi connectivity index (χ0v) is 8.11. The number of rotatable bonds is 3. The van der Waals surface area contributed by atoms with Crippen LogP contribution in [0, 0.1) is 11.6 Å². The van der Waals surface area contributed by atoms with Crippen molar-refractivity contribution in [2.45, 2.75) is 25.1 Å². The van der Waals surface area contributed by atoms with E-state index in [-0.39, 0.29) is 5.38 Å². The van der Waals surface area contributed by atoms with Crippen LogP contribution in [-0.4, -0.2) is 5.38 Å². The van der Waals surface area contributed by atoms with Crippen molar-refractivity contribution in [2.75, 3.05) is 0 Å². The second kappa shape index (κ2) is 4.56. The zero-order valence-electron chi connectivity index (χ0n) is 7.36. The largest absolute Gasteiger partial charge is 0.204 e. The molecule has 1 unspecified atom stereocenters. The third-order valence-corrected chi connectivity index (χ3v) is 2.03. The van der Waals surface area contributed by atoms with Crippen LogP contribution >= 0.6 is 11.6 Å². The van der Waals surface area contributed by atoms with Crippen LogP contribution in [0.1, 0.15) is 18.9 Å². The molecule has 1 aromatic carbocycles. The SMILES string of the molecule is CC(Cl)CCc1ccc(F)c(F)c1. The first-order chi connectivity index (χ1) is 6.09. The van der Waals surface area contributed by atoms with Crippen molar-refractivity contribution in [1.82, 2.24) is 0 Å². The van der Waals surface area contributed by atoms with E-state index in [1.807, 2.05) is 6.92 Å². The van der Waals surface area contributed by atoms with Gasteiger partial charge < -0.3 is 0 Å². The molecule has 0 bridgehead atoms. The number of benzene rings is 1. The second-order valence-corrected chi connectivity index (χ2v) is 3.81. The van der Waals surface area contributed by atoms with E-state index in [0.29, 0.717) is 6.42 Å². The average Bonchev–Trinajstić information content (AvgIpc) is 2.07. The smallest absolute Gasteiger partial charge is 0.159 e. The monoisotopic (exact) mass is 204 g/mol. The third-order valence-electron chi connectivity index (χ3n) is 1.81. The van der Waals surface area contributed by atoms with Gasteiger partial charge >= 0.3 is 0 Å². The summed E-state index contributed by atoms with van der Waals surface area (Å²) in [4.78, 5) is 0. The van der Waals surface area contributed by atoms with Crippen molar-refractivity contribution in [3.8, 4) is 0 Å². The molecule has 0 spiro atoms. The van der Waals surface area contributed by atoms with Crippen LogP contribution in [0.25, 0.3) is 0 Å². The molecule has 1 rings (SSSR count). The summed E-state index contributed by atoms with van der Waals surface area (Å²) in [5.74, 6) is -1.60. The highest BCUT2D eigenvalue weighted by Gasteiger charge is 2.03. The lowest BCUT2D eigenvalue weighted by molar-refractivity contribution is 0.506. The lowest BCUT2D eigenvalue weighted by Crippen LogP contribution is -1.96. The summed E-state index contributed by atoms with van der Waals surface area (Å²) in [7, 11) is 0. The van der Waals surface area contributed by atoms with Crippen LogP contribution in [0.15, 0.2) is 18.2 Å². The molecular weight excluding hydrogens is 194 g/mol. The molecule has 0 N–H and O–H groups in total. The van der Waals surface area contributed by atoms with Crippen LogP contribution in [0.3, 0.4) is 0 Å². The second-order valence-electron chi connectivity index (χ2n) is 3.07. The molecule has 0 aliphatic heterocycles. The Morgan fingerprint density at radius 2 is 2.00 bits per heavy atom. The van der Waals surface area contributed by atoms with E-state index >= 15 is 0 Å². The van der Waals surface area contributed by atoms with E-state index in [2.05, 4.69) is 0 Å². The zero-order chi connectivity index (χ0) is 9.84. The normalized spacial score (nSPS) is 12.9. The summed E-state index contributed by atoms with van der Waals surface area (Å²) < 4.78 is 25.2. The topological polar surface area (TPSA) is 0 Å². The molecule has 0 radical (unpaired) electrons. The van der Waals surface area contributed by atoms with Crippen molar-refractivity contribution in [1.29, 1.82) is 0 Å². The Morgan fingerprint density at radius 1 is 1.31 bits per heavy atom. The van der Waals surface area contributed by atoms with Gasteiger partial charge in [0.25, 0.3) is 0 Å². The molecule has 0 saturated heterocycles. The van der Waals surface area contributed by atoms with Crippen LogP contribution in [0.4, 0.5) is 8.78 Å². The van der Waals surface area contributed by atoms with Gasteiger partial charge in [0.2, 0.25) is 0 Å². The average molecular weight is 205 g/mol. The van der Waals surface area contributed by atoms with Crippen LogP contribution < -0.4 is 0 Å². The molecule has 72 valence electrons. The molecule has 3 heteroatoms. The molecule has 0 aliphatic rings.